The number of aliphatic imine (C=N–C) groups is 1. The van der Waals surface area contributed by atoms with E-state index in [4.69, 9.17) is 9.41 Å². The molecule has 2 aromatic carbocycles. The van der Waals surface area contributed by atoms with Gasteiger partial charge in [0.1, 0.15) is 11.3 Å². The molecule has 0 bridgehead atoms. The lowest BCUT2D eigenvalue weighted by Crippen LogP contribution is -2.38. The van der Waals surface area contributed by atoms with Gasteiger partial charge in [-0.25, -0.2) is 4.99 Å². The van der Waals surface area contributed by atoms with E-state index in [9.17, 15) is 5.11 Å². The van der Waals surface area contributed by atoms with Gasteiger partial charge in [-0.1, -0.05) is 42.5 Å². The summed E-state index contributed by atoms with van der Waals surface area (Å²) in [6.45, 7) is 8.43. The van der Waals surface area contributed by atoms with Crippen LogP contribution in [0.5, 0.6) is 0 Å². The SMILES string of the molecule is CCNC(=NCc1ccc(CN2CCC(O)CC2)cc1)NC(C)c1cc2ccccc2o1. The molecule has 4 rings (SSSR count). The van der Waals surface area contributed by atoms with E-state index >= 15 is 0 Å². The smallest absolute Gasteiger partial charge is 0.192 e. The fourth-order valence-corrected chi connectivity index (χ4v) is 4.07. The number of rotatable bonds is 7. The number of likely N-dealkylation sites (tertiary alicyclic amines) is 1. The highest BCUT2D eigenvalue weighted by molar-refractivity contribution is 5.81. The maximum absolute atomic E-state index is 9.67. The van der Waals surface area contributed by atoms with Crippen molar-refractivity contribution in [3.05, 3.63) is 71.5 Å². The molecule has 1 saturated heterocycles. The van der Waals surface area contributed by atoms with Gasteiger partial charge in [-0.05, 0) is 49.9 Å². The van der Waals surface area contributed by atoms with Gasteiger partial charge in [0.25, 0.3) is 0 Å². The molecule has 6 heteroatoms. The highest BCUT2D eigenvalue weighted by atomic mass is 16.3. The van der Waals surface area contributed by atoms with E-state index in [0.29, 0.717) is 6.54 Å². The van der Waals surface area contributed by atoms with Crippen molar-refractivity contribution in [1.29, 1.82) is 0 Å². The van der Waals surface area contributed by atoms with Crippen LogP contribution in [-0.2, 0) is 13.1 Å². The Morgan fingerprint density at radius 1 is 1.12 bits per heavy atom. The number of fused-ring (bicyclic) bond motifs is 1. The monoisotopic (exact) mass is 434 g/mol. The van der Waals surface area contributed by atoms with E-state index in [2.05, 4.69) is 65.8 Å². The molecule has 1 unspecified atom stereocenters. The molecule has 1 fully saturated rings. The van der Waals surface area contributed by atoms with Crippen molar-refractivity contribution < 1.29 is 9.52 Å². The van der Waals surface area contributed by atoms with Crippen molar-refractivity contribution in [2.75, 3.05) is 19.6 Å². The van der Waals surface area contributed by atoms with Crippen molar-refractivity contribution in [1.82, 2.24) is 15.5 Å². The van der Waals surface area contributed by atoms with Crippen molar-refractivity contribution in [2.45, 2.75) is 51.9 Å². The predicted octanol–water partition coefficient (Wildman–Crippen LogP) is 4.21. The molecule has 1 aromatic heterocycles. The Labute approximate surface area is 190 Å². The van der Waals surface area contributed by atoms with Gasteiger partial charge < -0.3 is 20.2 Å². The average Bonchev–Trinajstić information content (AvgIpc) is 3.25. The zero-order chi connectivity index (χ0) is 22.3. The zero-order valence-electron chi connectivity index (χ0n) is 19.1. The van der Waals surface area contributed by atoms with E-state index in [0.717, 1.165) is 61.7 Å². The predicted molar refractivity (Wildman–Crippen MR) is 130 cm³/mol. The summed E-state index contributed by atoms with van der Waals surface area (Å²) >= 11 is 0. The summed E-state index contributed by atoms with van der Waals surface area (Å²) in [7, 11) is 0. The summed E-state index contributed by atoms with van der Waals surface area (Å²) in [6.07, 6.45) is 1.62. The lowest BCUT2D eigenvalue weighted by atomic mass is 10.1. The lowest BCUT2D eigenvalue weighted by molar-refractivity contribution is 0.0792. The number of hydrogen-bond donors (Lipinski definition) is 3. The second-order valence-electron chi connectivity index (χ2n) is 8.57. The first-order valence-corrected chi connectivity index (χ1v) is 11.6. The summed E-state index contributed by atoms with van der Waals surface area (Å²) in [5, 5.41) is 17.6. The van der Waals surface area contributed by atoms with E-state index in [1.165, 1.54) is 11.1 Å². The fraction of sp³-hybridized carbons (Fsp3) is 0.423. The Balaban J connectivity index is 1.35. The Morgan fingerprint density at radius 3 is 2.56 bits per heavy atom. The number of nitrogens with one attached hydrogen (secondary N) is 2. The Bertz CT molecular complexity index is 987. The molecule has 170 valence electrons. The van der Waals surface area contributed by atoms with E-state index in [-0.39, 0.29) is 12.1 Å². The third-order valence-corrected chi connectivity index (χ3v) is 5.97. The van der Waals surface area contributed by atoms with Crippen molar-refractivity contribution >= 4 is 16.9 Å². The molecule has 1 atom stereocenters. The number of para-hydroxylation sites is 1. The van der Waals surface area contributed by atoms with Crippen molar-refractivity contribution in [2.24, 2.45) is 4.99 Å². The van der Waals surface area contributed by atoms with Crippen LogP contribution in [0.15, 0.2) is 64.0 Å². The molecule has 3 N–H and O–H groups in total. The van der Waals surface area contributed by atoms with Crippen LogP contribution >= 0.6 is 0 Å². The van der Waals surface area contributed by atoms with Crippen LogP contribution in [0, 0.1) is 0 Å². The minimum Gasteiger partial charge on any atom is -0.459 e. The second-order valence-corrected chi connectivity index (χ2v) is 8.57. The number of aliphatic hydroxyl groups excluding tert-OH is 1. The van der Waals surface area contributed by atoms with Crippen LogP contribution in [0.2, 0.25) is 0 Å². The first-order chi connectivity index (χ1) is 15.6. The molecule has 0 spiro atoms. The largest absolute Gasteiger partial charge is 0.459 e. The molecule has 3 aromatic rings. The van der Waals surface area contributed by atoms with Gasteiger partial charge in [0.15, 0.2) is 5.96 Å². The first-order valence-electron chi connectivity index (χ1n) is 11.6. The zero-order valence-corrected chi connectivity index (χ0v) is 19.1. The first kappa shape index (κ1) is 22.4. The molecule has 0 saturated carbocycles. The van der Waals surface area contributed by atoms with Gasteiger partial charge in [-0.3, -0.25) is 4.90 Å². The minimum atomic E-state index is -0.124. The minimum absolute atomic E-state index is 0.00522. The van der Waals surface area contributed by atoms with Gasteiger partial charge in [0, 0.05) is 31.6 Å². The van der Waals surface area contributed by atoms with E-state index < -0.39 is 0 Å². The van der Waals surface area contributed by atoms with Gasteiger partial charge in [-0.2, -0.15) is 0 Å². The summed E-state index contributed by atoms with van der Waals surface area (Å²) in [4.78, 5) is 7.18. The number of aliphatic hydroxyl groups is 1. The summed E-state index contributed by atoms with van der Waals surface area (Å²) in [6, 6.07) is 18.8. The molecule has 2 heterocycles. The van der Waals surface area contributed by atoms with Crippen LogP contribution in [0.1, 0.15) is 49.6 Å². The Hall–Kier alpha value is -2.83. The molecule has 0 amide bonds. The molecular weight excluding hydrogens is 400 g/mol. The van der Waals surface area contributed by atoms with E-state index in [1.54, 1.807) is 0 Å². The molecule has 1 aliphatic rings. The number of guanidine groups is 1. The van der Waals surface area contributed by atoms with Crippen LogP contribution in [-0.4, -0.2) is 41.7 Å². The maximum Gasteiger partial charge on any atom is 0.192 e. The van der Waals surface area contributed by atoms with E-state index in [1.807, 2.05) is 18.2 Å². The number of piperidine rings is 1. The van der Waals surface area contributed by atoms with Gasteiger partial charge in [0.2, 0.25) is 0 Å². The standard InChI is InChI=1S/C26H34N4O2/c1-3-27-26(29-19(2)25-16-22-6-4-5-7-24(22)32-25)28-17-20-8-10-21(11-9-20)18-30-14-12-23(31)13-15-30/h4-11,16,19,23,31H,3,12-15,17-18H2,1-2H3,(H2,27,28,29). The maximum atomic E-state index is 9.67. The lowest BCUT2D eigenvalue weighted by Gasteiger charge is -2.29. The van der Waals surface area contributed by atoms with Crippen molar-refractivity contribution in [3.8, 4) is 0 Å². The van der Waals surface area contributed by atoms with Crippen LogP contribution in [0.25, 0.3) is 11.0 Å². The summed E-state index contributed by atoms with van der Waals surface area (Å²) < 4.78 is 5.99. The number of benzene rings is 2. The van der Waals surface area contributed by atoms with Gasteiger partial charge >= 0.3 is 0 Å². The Kier molecular flexibility index (Phi) is 7.45. The Morgan fingerprint density at radius 2 is 1.84 bits per heavy atom. The molecular formula is C26H34N4O2. The fourth-order valence-electron chi connectivity index (χ4n) is 4.07. The molecule has 1 aliphatic heterocycles. The van der Waals surface area contributed by atoms with Crippen molar-refractivity contribution in [3.63, 3.8) is 0 Å². The quantitative estimate of drug-likeness (QED) is 0.384. The average molecular weight is 435 g/mol. The third kappa shape index (κ3) is 5.90. The van der Waals surface area contributed by atoms with Crippen LogP contribution in [0.3, 0.4) is 0 Å². The highest BCUT2D eigenvalue weighted by Crippen LogP contribution is 2.23. The van der Waals surface area contributed by atoms with Crippen LogP contribution in [0.4, 0.5) is 0 Å². The summed E-state index contributed by atoms with van der Waals surface area (Å²) in [5.41, 5.74) is 3.38. The molecule has 6 nitrogen and oxygen atoms in total. The van der Waals surface area contributed by atoms with Gasteiger partial charge in [0.05, 0.1) is 18.7 Å². The normalized spacial score (nSPS) is 16.9. The number of nitrogens with zero attached hydrogens (tertiary/aromatic N) is 2. The second kappa shape index (κ2) is 10.7. The molecule has 0 radical (unpaired) electrons. The highest BCUT2D eigenvalue weighted by Gasteiger charge is 2.17. The number of furan rings is 1. The van der Waals surface area contributed by atoms with Crippen LogP contribution < -0.4 is 10.6 Å². The summed E-state index contributed by atoms with van der Waals surface area (Å²) in [5.74, 6) is 1.67. The topological polar surface area (TPSA) is 73.0 Å². The molecule has 32 heavy (non-hydrogen) atoms. The number of hydrogen-bond acceptors (Lipinski definition) is 4. The third-order valence-electron chi connectivity index (χ3n) is 5.97. The van der Waals surface area contributed by atoms with Gasteiger partial charge in [-0.15, -0.1) is 0 Å². The molecule has 0 aliphatic carbocycles.